The third-order valence-corrected chi connectivity index (χ3v) is 4.24. The Hall–Kier alpha value is -0.870. The molecule has 2 unspecified atom stereocenters. The molecule has 3 nitrogen and oxygen atoms in total. The first-order chi connectivity index (χ1) is 8.97. The van der Waals surface area contributed by atoms with E-state index in [9.17, 15) is 4.79 Å². The van der Waals surface area contributed by atoms with E-state index in [0.717, 1.165) is 41.5 Å². The second kappa shape index (κ2) is 6.06. The minimum Gasteiger partial charge on any atom is -0.338 e. The molecule has 19 heavy (non-hydrogen) atoms. The number of likely N-dealkylation sites (tertiary alicyclic amines) is 1. The van der Waals surface area contributed by atoms with E-state index in [-0.39, 0.29) is 11.9 Å². The summed E-state index contributed by atoms with van der Waals surface area (Å²) in [6.07, 6.45) is 2.17. The first-order valence-electron chi connectivity index (χ1n) is 6.79. The number of aryl methyl sites for hydroxylation is 1. The van der Waals surface area contributed by atoms with Crippen molar-refractivity contribution in [3.8, 4) is 0 Å². The second-order valence-corrected chi connectivity index (χ2v) is 6.45. The van der Waals surface area contributed by atoms with Crippen LogP contribution in [0.5, 0.6) is 0 Å². The lowest BCUT2D eigenvalue weighted by molar-refractivity contribution is 0.0661. The molecule has 0 aromatic heterocycles. The van der Waals surface area contributed by atoms with E-state index in [0.29, 0.717) is 5.92 Å². The average molecular weight is 325 g/mol. The smallest absolute Gasteiger partial charge is 0.253 e. The Morgan fingerprint density at radius 3 is 2.84 bits per heavy atom. The lowest BCUT2D eigenvalue weighted by Crippen LogP contribution is -2.45. The summed E-state index contributed by atoms with van der Waals surface area (Å²) in [6, 6.07) is 6.00. The van der Waals surface area contributed by atoms with Crippen molar-refractivity contribution in [2.45, 2.75) is 32.7 Å². The summed E-state index contributed by atoms with van der Waals surface area (Å²) in [6.45, 7) is 5.65. The first kappa shape index (κ1) is 14.5. The van der Waals surface area contributed by atoms with Gasteiger partial charge in [-0.25, -0.2) is 0 Å². The van der Waals surface area contributed by atoms with Crippen molar-refractivity contribution >= 4 is 21.8 Å². The van der Waals surface area contributed by atoms with Gasteiger partial charge >= 0.3 is 0 Å². The summed E-state index contributed by atoms with van der Waals surface area (Å²) in [5.41, 5.74) is 7.83. The highest BCUT2D eigenvalue weighted by Gasteiger charge is 2.26. The van der Waals surface area contributed by atoms with Crippen molar-refractivity contribution in [1.29, 1.82) is 0 Å². The quantitative estimate of drug-likeness (QED) is 0.909. The van der Waals surface area contributed by atoms with Crippen LogP contribution in [0.2, 0.25) is 0 Å². The van der Waals surface area contributed by atoms with Crippen LogP contribution in [0.15, 0.2) is 22.7 Å². The third kappa shape index (κ3) is 3.57. The maximum atomic E-state index is 12.5. The van der Waals surface area contributed by atoms with Crippen molar-refractivity contribution in [2.75, 3.05) is 13.1 Å². The number of halogens is 1. The van der Waals surface area contributed by atoms with Gasteiger partial charge in [0.1, 0.15) is 0 Å². The molecule has 4 heteroatoms. The Morgan fingerprint density at radius 1 is 1.47 bits per heavy atom. The van der Waals surface area contributed by atoms with Gasteiger partial charge in [0.05, 0.1) is 0 Å². The molecule has 1 amide bonds. The first-order valence-corrected chi connectivity index (χ1v) is 7.58. The molecule has 0 spiro atoms. The van der Waals surface area contributed by atoms with Gasteiger partial charge in [0.2, 0.25) is 0 Å². The maximum absolute atomic E-state index is 12.5. The zero-order valence-corrected chi connectivity index (χ0v) is 13.1. The third-order valence-electron chi connectivity index (χ3n) is 3.78. The lowest BCUT2D eigenvalue weighted by Gasteiger charge is -2.34. The van der Waals surface area contributed by atoms with Gasteiger partial charge in [0, 0.05) is 29.2 Å². The normalized spacial score (nSPS) is 21.3. The summed E-state index contributed by atoms with van der Waals surface area (Å²) < 4.78 is 0.955. The molecule has 0 aliphatic carbocycles. The highest BCUT2D eigenvalue weighted by molar-refractivity contribution is 9.10. The molecule has 2 rings (SSSR count). The minimum absolute atomic E-state index is 0.120. The summed E-state index contributed by atoms with van der Waals surface area (Å²) in [4.78, 5) is 14.5. The standard InChI is InChI=1S/C15H21BrN2O/c1-10-6-13(8-14(16)7-10)15(19)18-5-3-4-12(9-18)11(2)17/h6-8,11-12H,3-5,9,17H2,1-2H3. The number of benzene rings is 1. The van der Waals surface area contributed by atoms with Crippen molar-refractivity contribution < 1.29 is 4.79 Å². The molecule has 0 radical (unpaired) electrons. The van der Waals surface area contributed by atoms with Crippen LogP contribution in [0, 0.1) is 12.8 Å². The number of amides is 1. The molecule has 1 fully saturated rings. The van der Waals surface area contributed by atoms with Crippen molar-refractivity contribution in [2.24, 2.45) is 11.7 Å². The molecule has 2 N–H and O–H groups in total. The monoisotopic (exact) mass is 324 g/mol. The maximum Gasteiger partial charge on any atom is 0.253 e. The van der Waals surface area contributed by atoms with E-state index in [1.54, 1.807) is 0 Å². The number of hydrogen-bond donors (Lipinski definition) is 1. The van der Waals surface area contributed by atoms with Crippen LogP contribution in [0.3, 0.4) is 0 Å². The molecule has 0 saturated carbocycles. The fraction of sp³-hybridized carbons (Fsp3) is 0.533. The fourth-order valence-electron chi connectivity index (χ4n) is 2.67. The van der Waals surface area contributed by atoms with Crippen LogP contribution in [0.4, 0.5) is 0 Å². The van der Waals surface area contributed by atoms with Gasteiger partial charge < -0.3 is 10.6 Å². The van der Waals surface area contributed by atoms with E-state index in [2.05, 4.69) is 15.9 Å². The minimum atomic E-state index is 0.120. The van der Waals surface area contributed by atoms with Crippen molar-refractivity contribution in [1.82, 2.24) is 4.90 Å². The van der Waals surface area contributed by atoms with Crippen LogP contribution < -0.4 is 5.73 Å². The predicted octanol–water partition coefficient (Wildman–Crippen LogP) is 2.96. The molecular formula is C15H21BrN2O. The van der Waals surface area contributed by atoms with Gasteiger partial charge in [-0.15, -0.1) is 0 Å². The molecule has 1 aliphatic rings. The van der Waals surface area contributed by atoms with Crippen LogP contribution in [-0.4, -0.2) is 29.9 Å². The average Bonchev–Trinajstić information content (AvgIpc) is 2.37. The topological polar surface area (TPSA) is 46.3 Å². The Morgan fingerprint density at radius 2 is 2.21 bits per heavy atom. The number of hydrogen-bond acceptors (Lipinski definition) is 2. The molecule has 2 atom stereocenters. The van der Waals surface area contributed by atoms with Gasteiger partial charge in [0.25, 0.3) is 5.91 Å². The van der Waals surface area contributed by atoms with Crippen LogP contribution in [0.25, 0.3) is 0 Å². The van der Waals surface area contributed by atoms with E-state index < -0.39 is 0 Å². The molecule has 1 aliphatic heterocycles. The summed E-state index contributed by atoms with van der Waals surface area (Å²) in [7, 11) is 0. The Bertz CT molecular complexity index is 453. The van der Waals surface area contributed by atoms with E-state index >= 15 is 0 Å². The van der Waals surface area contributed by atoms with Crippen LogP contribution in [-0.2, 0) is 0 Å². The lowest BCUT2D eigenvalue weighted by atomic mass is 9.92. The molecule has 104 valence electrons. The number of rotatable bonds is 2. The number of nitrogens with zero attached hydrogens (tertiary/aromatic N) is 1. The zero-order chi connectivity index (χ0) is 14.0. The number of nitrogens with two attached hydrogens (primary N) is 1. The van der Waals surface area contributed by atoms with Gasteiger partial charge in [-0.1, -0.05) is 15.9 Å². The van der Waals surface area contributed by atoms with E-state index in [4.69, 9.17) is 5.73 Å². The largest absolute Gasteiger partial charge is 0.338 e. The Kier molecular flexibility index (Phi) is 4.63. The Labute approximate surface area is 123 Å². The zero-order valence-electron chi connectivity index (χ0n) is 11.5. The highest BCUT2D eigenvalue weighted by Crippen LogP contribution is 2.22. The van der Waals surface area contributed by atoms with Gasteiger partial charge in [-0.05, 0) is 56.4 Å². The van der Waals surface area contributed by atoms with Gasteiger partial charge in [-0.3, -0.25) is 4.79 Å². The fourth-order valence-corrected chi connectivity index (χ4v) is 3.27. The van der Waals surface area contributed by atoms with E-state index in [1.807, 2.05) is 36.9 Å². The molecular weight excluding hydrogens is 304 g/mol. The van der Waals surface area contributed by atoms with E-state index in [1.165, 1.54) is 0 Å². The Balaban J connectivity index is 2.14. The van der Waals surface area contributed by atoms with Crippen LogP contribution in [0.1, 0.15) is 35.7 Å². The summed E-state index contributed by atoms with van der Waals surface area (Å²) in [5, 5.41) is 0. The molecule has 1 aromatic carbocycles. The summed E-state index contributed by atoms with van der Waals surface area (Å²) >= 11 is 3.45. The molecule has 1 heterocycles. The van der Waals surface area contributed by atoms with Crippen molar-refractivity contribution in [3.05, 3.63) is 33.8 Å². The molecule has 0 bridgehead atoms. The van der Waals surface area contributed by atoms with Crippen molar-refractivity contribution in [3.63, 3.8) is 0 Å². The predicted molar refractivity (Wildman–Crippen MR) is 81.2 cm³/mol. The molecule has 1 aromatic rings. The number of piperidine rings is 1. The highest BCUT2D eigenvalue weighted by atomic mass is 79.9. The van der Waals surface area contributed by atoms with Gasteiger partial charge in [0.15, 0.2) is 0 Å². The second-order valence-electron chi connectivity index (χ2n) is 5.53. The number of carbonyl (C=O) groups excluding carboxylic acids is 1. The summed E-state index contributed by atoms with van der Waals surface area (Å²) in [5.74, 6) is 0.542. The number of carbonyl (C=O) groups is 1. The molecule has 1 saturated heterocycles. The van der Waals surface area contributed by atoms with Gasteiger partial charge in [-0.2, -0.15) is 0 Å². The van der Waals surface area contributed by atoms with Crippen LogP contribution >= 0.6 is 15.9 Å². The SMILES string of the molecule is Cc1cc(Br)cc(C(=O)N2CCCC(C(C)N)C2)c1.